The van der Waals surface area contributed by atoms with Crippen LogP contribution in [-0.4, -0.2) is 31.0 Å². The second-order valence-electron chi connectivity index (χ2n) is 6.16. The predicted octanol–water partition coefficient (Wildman–Crippen LogP) is 2.05. The first-order chi connectivity index (χ1) is 12.7. The second-order valence-corrected chi connectivity index (χ2v) is 6.16. The Morgan fingerprint density at radius 3 is 2.96 bits per heavy atom. The Hall–Kier alpha value is -3.09. The Morgan fingerprint density at radius 1 is 1.35 bits per heavy atom. The molecule has 1 N–H and O–H groups in total. The van der Waals surface area contributed by atoms with E-state index >= 15 is 0 Å². The van der Waals surface area contributed by atoms with Gasteiger partial charge in [-0.3, -0.25) is 14.9 Å². The van der Waals surface area contributed by atoms with Crippen LogP contribution in [0.4, 0.5) is 5.69 Å². The van der Waals surface area contributed by atoms with Gasteiger partial charge in [-0.25, -0.2) is 4.99 Å². The van der Waals surface area contributed by atoms with Crippen molar-refractivity contribution in [2.75, 3.05) is 18.1 Å². The molecule has 0 unspecified atom stereocenters. The molecule has 0 fully saturated rings. The molecule has 2 aliphatic rings. The largest absolute Gasteiger partial charge is 0.467 e. The maximum Gasteiger partial charge on any atom is 0.321 e. The normalized spacial score (nSPS) is 21.8. The number of fused-ring (bicyclic) bond motifs is 1. The number of ether oxygens (including phenoxy) is 1. The fourth-order valence-electron chi connectivity index (χ4n) is 3.42. The Balaban J connectivity index is 1.72. The van der Waals surface area contributed by atoms with E-state index < -0.39 is 23.8 Å². The van der Waals surface area contributed by atoms with Gasteiger partial charge in [0.2, 0.25) is 11.9 Å². The van der Waals surface area contributed by atoms with Crippen LogP contribution in [0.3, 0.4) is 0 Å². The average molecular weight is 353 g/mol. The molecule has 0 aliphatic carbocycles. The zero-order valence-corrected chi connectivity index (χ0v) is 14.3. The van der Waals surface area contributed by atoms with Gasteiger partial charge < -0.3 is 14.1 Å². The van der Waals surface area contributed by atoms with Crippen LogP contribution in [0, 0.1) is 5.92 Å². The molecule has 134 valence electrons. The Kier molecular flexibility index (Phi) is 4.20. The molecule has 0 saturated heterocycles. The molecule has 1 aromatic carbocycles. The minimum Gasteiger partial charge on any atom is -0.467 e. The van der Waals surface area contributed by atoms with Crippen LogP contribution in [0.1, 0.15) is 24.3 Å². The van der Waals surface area contributed by atoms with Crippen LogP contribution < -0.4 is 10.2 Å². The zero-order chi connectivity index (χ0) is 18.1. The summed E-state index contributed by atoms with van der Waals surface area (Å²) >= 11 is 0. The minimum atomic E-state index is -1.07. The van der Waals surface area contributed by atoms with E-state index in [0.717, 1.165) is 12.1 Å². The number of amides is 1. The molecule has 2 atom stereocenters. The number of rotatable bonds is 3. The maximum absolute atomic E-state index is 12.7. The number of para-hydroxylation sites is 1. The van der Waals surface area contributed by atoms with Gasteiger partial charge in [-0.2, -0.15) is 0 Å². The van der Waals surface area contributed by atoms with Crippen LogP contribution in [0.25, 0.3) is 0 Å². The van der Waals surface area contributed by atoms with Gasteiger partial charge in [-0.1, -0.05) is 18.2 Å². The number of esters is 1. The second kappa shape index (κ2) is 6.67. The summed E-state index contributed by atoms with van der Waals surface area (Å²) in [4.78, 5) is 31.7. The van der Waals surface area contributed by atoms with Gasteiger partial charge in [-0.05, 0) is 37.1 Å². The van der Waals surface area contributed by atoms with Crippen molar-refractivity contribution in [2.45, 2.75) is 19.4 Å². The van der Waals surface area contributed by atoms with Crippen molar-refractivity contribution >= 4 is 23.5 Å². The Bertz CT molecular complexity index is 859. The molecule has 0 radical (unpaired) electrons. The number of guanidine groups is 1. The van der Waals surface area contributed by atoms with Crippen molar-refractivity contribution in [3.05, 3.63) is 54.0 Å². The van der Waals surface area contributed by atoms with Crippen molar-refractivity contribution in [1.29, 1.82) is 0 Å². The fraction of sp³-hybridized carbons (Fsp3) is 0.316. The average Bonchev–Trinajstić information content (AvgIpc) is 3.31. The predicted molar refractivity (Wildman–Crippen MR) is 94.6 cm³/mol. The number of nitrogens with zero attached hydrogens (tertiary/aromatic N) is 2. The van der Waals surface area contributed by atoms with Gasteiger partial charge in [-0.15, -0.1) is 0 Å². The highest BCUT2D eigenvalue weighted by Crippen LogP contribution is 2.34. The van der Waals surface area contributed by atoms with E-state index in [-0.39, 0.29) is 6.61 Å². The summed E-state index contributed by atoms with van der Waals surface area (Å²) in [7, 11) is 0. The highest BCUT2D eigenvalue weighted by molar-refractivity contribution is 6.13. The molecule has 7 nitrogen and oxygen atoms in total. The number of hydrogen-bond donors (Lipinski definition) is 1. The van der Waals surface area contributed by atoms with E-state index in [9.17, 15) is 9.59 Å². The van der Waals surface area contributed by atoms with Crippen molar-refractivity contribution in [3.63, 3.8) is 0 Å². The summed E-state index contributed by atoms with van der Waals surface area (Å²) in [5.74, 6) is -1.21. The number of nitrogens with one attached hydrogen (secondary N) is 1. The van der Waals surface area contributed by atoms with Crippen LogP contribution in [0.2, 0.25) is 0 Å². The summed E-state index contributed by atoms with van der Waals surface area (Å²) in [6.45, 7) is 2.62. The van der Waals surface area contributed by atoms with Crippen molar-refractivity contribution < 1.29 is 18.7 Å². The van der Waals surface area contributed by atoms with E-state index in [1.54, 1.807) is 19.1 Å². The Morgan fingerprint density at radius 2 is 2.19 bits per heavy atom. The molecule has 2 aromatic rings. The lowest BCUT2D eigenvalue weighted by atomic mass is 9.95. The van der Waals surface area contributed by atoms with E-state index in [1.807, 2.05) is 23.1 Å². The standard InChI is InChI=1S/C19H19N3O4/c1-2-25-18(24)15-16(14-8-5-11-26-14)20-19(21-17(15)23)22-10-9-12-6-3-4-7-13(12)22/h3-8,11,15-16H,2,9-10H2,1H3,(H,20,21,23)/t15-,16+/m0/s1. The first kappa shape index (κ1) is 16.4. The topological polar surface area (TPSA) is 84.1 Å². The summed E-state index contributed by atoms with van der Waals surface area (Å²) in [5, 5.41) is 2.78. The van der Waals surface area contributed by atoms with Gasteiger partial charge in [0.05, 0.1) is 12.9 Å². The number of carbonyl (C=O) groups excluding carboxylic acids is 2. The van der Waals surface area contributed by atoms with E-state index in [0.29, 0.717) is 18.3 Å². The van der Waals surface area contributed by atoms with E-state index in [1.165, 1.54) is 11.8 Å². The lowest BCUT2D eigenvalue weighted by molar-refractivity contribution is -0.153. The zero-order valence-electron chi connectivity index (χ0n) is 14.3. The number of carbonyl (C=O) groups is 2. The van der Waals surface area contributed by atoms with Crippen molar-refractivity contribution in [2.24, 2.45) is 10.9 Å². The molecule has 0 saturated carbocycles. The third-order valence-corrected chi connectivity index (χ3v) is 4.61. The van der Waals surface area contributed by atoms with Gasteiger partial charge in [0, 0.05) is 12.2 Å². The quantitative estimate of drug-likeness (QED) is 0.674. The van der Waals surface area contributed by atoms with Crippen molar-refractivity contribution in [1.82, 2.24) is 5.32 Å². The molecular weight excluding hydrogens is 334 g/mol. The first-order valence-electron chi connectivity index (χ1n) is 8.63. The van der Waals surface area contributed by atoms with Crippen LogP contribution in [0.5, 0.6) is 0 Å². The van der Waals surface area contributed by atoms with Gasteiger partial charge >= 0.3 is 5.97 Å². The lowest BCUT2D eigenvalue weighted by Crippen LogP contribution is -2.52. The molecule has 1 amide bonds. The SMILES string of the molecule is CCOC(=O)[C@@H]1C(=O)NC(N2CCc3ccccc32)=N[C@@H]1c1ccco1. The molecular formula is C19H19N3O4. The number of hydrogen-bond acceptors (Lipinski definition) is 6. The summed E-state index contributed by atoms with van der Waals surface area (Å²) in [6.07, 6.45) is 2.38. The molecule has 0 spiro atoms. The lowest BCUT2D eigenvalue weighted by Gasteiger charge is -2.30. The van der Waals surface area contributed by atoms with E-state index in [4.69, 9.17) is 9.15 Å². The number of anilines is 1. The molecule has 4 rings (SSSR count). The molecule has 1 aromatic heterocycles. The van der Waals surface area contributed by atoms with Gasteiger partial charge in [0.1, 0.15) is 11.8 Å². The van der Waals surface area contributed by atoms with Crippen LogP contribution >= 0.6 is 0 Å². The molecule has 7 heteroatoms. The third-order valence-electron chi connectivity index (χ3n) is 4.61. The number of benzene rings is 1. The monoisotopic (exact) mass is 353 g/mol. The van der Waals surface area contributed by atoms with E-state index in [2.05, 4.69) is 16.4 Å². The molecule has 0 bridgehead atoms. The molecule has 3 heterocycles. The summed E-state index contributed by atoms with van der Waals surface area (Å²) in [5.41, 5.74) is 2.21. The summed E-state index contributed by atoms with van der Waals surface area (Å²) < 4.78 is 10.5. The highest BCUT2D eigenvalue weighted by atomic mass is 16.5. The maximum atomic E-state index is 12.7. The van der Waals surface area contributed by atoms with Gasteiger partial charge in [0.25, 0.3) is 0 Å². The number of furan rings is 1. The molecule has 26 heavy (non-hydrogen) atoms. The van der Waals surface area contributed by atoms with Gasteiger partial charge in [0.15, 0.2) is 5.92 Å². The summed E-state index contributed by atoms with van der Waals surface area (Å²) in [6, 6.07) is 10.7. The van der Waals surface area contributed by atoms with Crippen LogP contribution in [-0.2, 0) is 20.7 Å². The third kappa shape index (κ3) is 2.75. The smallest absolute Gasteiger partial charge is 0.321 e. The highest BCUT2D eigenvalue weighted by Gasteiger charge is 2.43. The fourth-order valence-corrected chi connectivity index (χ4v) is 3.42. The van der Waals surface area contributed by atoms with Crippen molar-refractivity contribution in [3.8, 4) is 0 Å². The number of aliphatic imine (C=N–C) groups is 1. The Labute approximate surface area is 150 Å². The molecule has 2 aliphatic heterocycles. The first-order valence-corrected chi connectivity index (χ1v) is 8.63. The minimum absolute atomic E-state index is 0.198. The van der Waals surface area contributed by atoms with Crippen LogP contribution in [0.15, 0.2) is 52.1 Å².